The minimum atomic E-state index is -3.26. The fraction of sp³-hybridized carbons (Fsp3) is 0.583. The lowest BCUT2D eigenvalue weighted by atomic mass is 10.1. The number of aryl methyl sites for hydroxylation is 1. The lowest BCUT2D eigenvalue weighted by molar-refractivity contribution is 0.0702. The van der Waals surface area contributed by atoms with E-state index >= 15 is 0 Å². The molecule has 0 saturated carbocycles. The van der Waals surface area contributed by atoms with Crippen LogP contribution in [-0.2, 0) is 16.6 Å². The molecular formula is C12H20N2O4S2. The van der Waals surface area contributed by atoms with Crippen LogP contribution in [0.25, 0.3) is 0 Å². The minimum absolute atomic E-state index is 0.313. The van der Waals surface area contributed by atoms with E-state index in [0.29, 0.717) is 18.0 Å². The van der Waals surface area contributed by atoms with E-state index in [1.165, 1.54) is 11.3 Å². The first-order valence-corrected chi connectivity index (χ1v) is 8.73. The monoisotopic (exact) mass is 320 g/mol. The molecule has 6 nitrogen and oxygen atoms in total. The molecule has 0 fully saturated rings. The largest absolute Gasteiger partial charge is 0.477 e. The molecular weight excluding hydrogens is 300 g/mol. The molecule has 0 atom stereocenters. The number of rotatable bonds is 7. The summed E-state index contributed by atoms with van der Waals surface area (Å²) in [5.74, 6) is -0.927. The van der Waals surface area contributed by atoms with Crippen LogP contribution in [0.4, 0.5) is 0 Å². The van der Waals surface area contributed by atoms with Crippen molar-refractivity contribution in [3.63, 3.8) is 0 Å². The van der Waals surface area contributed by atoms with E-state index in [9.17, 15) is 13.2 Å². The zero-order chi connectivity index (χ0) is 15.6. The Balaban J connectivity index is 2.58. The second-order valence-corrected chi connectivity index (χ2v) is 8.36. The van der Waals surface area contributed by atoms with Crippen molar-refractivity contribution in [1.29, 1.82) is 0 Å². The number of hydrogen-bond donors (Lipinski definition) is 3. The number of hydrogen-bond acceptors (Lipinski definition) is 5. The van der Waals surface area contributed by atoms with Gasteiger partial charge in [-0.3, -0.25) is 0 Å². The van der Waals surface area contributed by atoms with Crippen molar-refractivity contribution >= 4 is 27.3 Å². The van der Waals surface area contributed by atoms with Crippen molar-refractivity contribution in [3.05, 3.63) is 21.4 Å². The molecule has 20 heavy (non-hydrogen) atoms. The fourth-order valence-corrected chi connectivity index (χ4v) is 3.80. The van der Waals surface area contributed by atoms with Crippen LogP contribution in [0.3, 0.4) is 0 Å². The first-order valence-electron chi connectivity index (χ1n) is 6.02. The Labute approximate surface area is 123 Å². The third-order valence-electron chi connectivity index (χ3n) is 2.58. The third-order valence-corrected chi connectivity index (χ3v) is 4.58. The molecule has 0 spiro atoms. The number of carboxylic acid groups (broad SMARTS) is 1. The molecule has 0 amide bonds. The highest BCUT2D eigenvalue weighted by molar-refractivity contribution is 7.88. The molecule has 1 rings (SSSR count). The molecule has 0 aliphatic rings. The van der Waals surface area contributed by atoms with Crippen LogP contribution in [0.5, 0.6) is 0 Å². The van der Waals surface area contributed by atoms with E-state index in [1.54, 1.807) is 19.9 Å². The van der Waals surface area contributed by atoms with Gasteiger partial charge in [0.25, 0.3) is 0 Å². The van der Waals surface area contributed by atoms with Gasteiger partial charge in [-0.25, -0.2) is 17.9 Å². The zero-order valence-corrected chi connectivity index (χ0v) is 13.6. The van der Waals surface area contributed by atoms with Gasteiger partial charge in [-0.05, 0) is 32.4 Å². The predicted molar refractivity (Wildman–Crippen MR) is 79.8 cm³/mol. The lowest BCUT2D eigenvalue weighted by Gasteiger charge is -2.25. The van der Waals surface area contributed by atoms with E-state index < -0.39 is 21.5 Å². The number of nitrogens with one attached hydrogen (secondary N) is 2. The van der Waals surface area contributed by atoms with E-state index in [-0.39, 0.29) is 0 Å². The minimum Gasteiger partial charge on any atom is -0.477 e. The molecule has 1 aromatic rings. The topological polar surface area (TPSA) is 95.5 Å². The summed E-state index contributed by atoms with van der Waals surface area (Å²) in [5, 5.41) is 12.1. The van der Waals surface area contributed by atoms with Gasteiger partial charge in [0.2, 0.25) is 10.0 Å². The van der Waals surface area contributed by atoms with Crippen LogP contribution in [0.1, 0.15) is 34.0 Å². The molecule has 1 heterocycles. The van der Waals surface area contributed by atoms with E-state index in [4.69, 9.17) is 5.11 Å². The van der Waals surface area contributed by atoms with Crippen LogP contribution >= 0.6 is 11.3 Å². The third kappa shape index (κ3) is 5.58. The highest BCUT2D eigenvalue weighted by atomic mass is 32.2. The van der Waals surface area contributed by atoms with E-state index in [1.807, 2.05) is 6.92 Å². The smallest absolute Gasteiger partial charge is 0.345 e. The number of sulfonamides is 1. The summed E-state index contributed by atoms with van der Waals surface area (Å²) in [6, 6.07) is 1.65. The Morgan fingerprint density at radius 2 is 2.05 bits per heavy atom. The normalized spacial score (nSPS) is 12.6. The van der Waals surface area contributed by atoms with Crippen molar-refractivity contribution in [3.8, 4) is 0 Å². The van der Waals surface area contributed by atoms with Crippen molar-refractivity contribution in [2.45, 2.75) is 32.9 Å². The van der Waals surface area contributed by atoms with Crippen LogP contribution in [0.2, 0.25) is 0 Å². The van der Waals surface area contributed by atoms with Crippen molar-refractivity contribution in [1.82, 2.24) is 10.0 Å². The standard InChI is InChI=1S/C12H20N2O4S2/c1-8-9(5-10(19-8)11(15)16)6-13-7-12(2,3)14-20(4,17)18/h5,13-14H,6-7H2,1-4H3,(H,15,16). The molecule has 0 bridgehead atoms. The van der Waals surface area contributed by atoms with E-state index in [2.05, 4.69) is 10.0 Å². The van der Waals surface area contributed by atoms with E-state index in [0.717, 1.165) is 16.7 Å². The summed E-state index contributed by atoms with van der Waals surface area (Å²) in [5.41, 5.74) is 0.315. The molecule has 0 aromatic carbocycles. The predicted octanol–water partition coefficient (Wildman–Crippen LogP) is 1.17. The molecule has 1 aromatic heterocycles. The van der Waals surface area contributed by atoms with Gasteiger partial charge in [0.05, 0.1) is 6.26 Å². The van der Waals surface area contributed by atoms with Gasteiger partial charge in [-0.1, -0.05) is 0 Å². The van der Waals surface area contributed by atoms with Gasteiger partial charge in [-0.15, -0.1) is 11.3 Å². The second-order valence-electron chi connectivity index (χ2n) is 5.36. The quantitative estimate of drug-likeness (QED) is 0.701. The summed E-state index contributed by atoms with van der Waals surface area (Å²) in [6.45, 7) is 6.38. The first-order chi connectivity index (χ1) is 9.00. The van der Waals surface area contributed by atoms with Crippen LogP contribution < -0.4 is 10.0 Å². The maximum Gasteiger partial charge on any atom is 0.345 e. The average molecular weight is 320 g/mol. The number of carbonyl (C=O) groups is 1. The fourth-order valence-electron chi connectivity index (χ4n) is 1.85. The highest BCUT2D eigenvalue weighted by Gasteiger charge is 2.21. The van der Waals surface area contributed by atoms with Crippen molar-refractivity contribution in [2.75, 3.05) is 12.8 Å². The SMILES string of the molecule is Cc1sc(C(=O)O)cc1CNCC(C)(C)NS(C)(=O)=O. The number of carboxylic acids is 1. The average Bonchev–Trinajstić information content (AvgIpc) is 2.56. The maximum atomic E-state index is 11.2. The summed E-state index contributed by atoms with van der Waals surface area (Å²) in [4.78, 5) is 12.1. The van der Waals surface area contributed by atoms with Gasteiger partial charge in [0.15, 0.2) is 0 Å². The molecule has 0 saturated heterocycles. The molecule has 8 heteroatoms. The van der Waals surface area contributed by atoms with Gasteiger partial charge < -0.3 is 10.4 Å². The Morgan fingerprint density at radius 3 is 2.50 bits per heavy atom. The van der Waals surface area contributed by atoms with Crippen LogP contribution in [0.15, 0.2) is 6.07 Å². The second kappa shape index (κ2) is 6.21. The maximum absolute atomic E-state index is 11.2. The first kappa shape index (κ1) is 17.1. The Hall–Kier alpha value is -0.960. The lowest BCUT2D eigenvalue weighted by Crippen LogP contribution is -2.49. The number of thiophene rings is 1. The Kier molecular flexibility index (Phi) is 5.31. The summed E-state index contributed by atoms with van der Waals surface area (Å²) < 4.78 is 25.0. The molecule has 3 N–H and O–H groups in total. The molecule has 0 unspecified atom stereocenters. The summed E-state index contributed by atoms with van der Waals surface area (Å²) in [7, 11) is -3.26. The van der Waals surface area contributed by atoms with Gasteiger partial charge in [-0.2, -0.15) is 0 Å². The van der Waals surface area contributed by atoms with Gasteiger partial charge in [0.1, 0.15) is 4.88 Å². The van der Waals surface area contributed by atoms with Crippen molar-refractivity contribution in [2.24, 2.45) is 0 Å². The number of aromatic carboxylic acids is 1. The molecule has 114 valence electrons. The Morgan fingerprint density at radius 1 is 1.45 bits per heavy atom. The van der Waals surface area contributed by atoms with Crippen LogP contribution in [0, 0.1) is 6.92 Å². The summed E-state index contributed by atoms with van der Waals surface area (Å²) >= 11 is 1.24. The van der Waals surface area contributed by atoms with Crippen LogP contribution in [-0.4, -0.2) is 37.8 Å². The van der Waals surface area contributed by atoms with Crippen molar-refractivity contribution < 1.29 is 18.3 Å². The zero-order valence-electron chi connectivity index (χ0n) is 12.0. The summed E-state index contributed by atoms with van der Waals surface area (Å²) in [6.07, 6.45) is 1.12. The highest BCUT2D eigenvalue weighted by Crippen LogP contribution is 2.21. The molecule has 0 radical (unpaired) electrons. The molecule has 0 aliphatic heterocycles. The van der Waals surface area contributed by atoms with Gasteiger partial charge in [0, 0.05) is 23.5 Å². The van der Waals surface area contributed by atoms with Gasteiger partial charge >= 0.3 is 5.97 Å². The molecule has 0 aliphatic carbocycles. The Bertz CT molecular complexity index is 591.